The van der Waals surface area contributed by atoms with Gasteiger partial charge >= 0.3 is 6.03 Å². The zero-order valence-corrected chi connectivity index (χ0v) is 11.3. The van der Waals surface area contributed by atoms with Crippen molar-refractivity contribution in [3.05, 3.63) is 0 Å². The predicted molar refractivity (Wildman–Crippen MR) is 66.0 cm³/mol. The highest BCUT2D eigenvalue weighted by Gasteiger charge is 2.61. The predicted octanol–water partition coefficient (Wildman–Crippen LogP) is -1.15. The summed E-state index contributed by atoms with van der Waals surface area (Å²) in [5.74, 6) is -0.615. The molecule has 0 spiro atoms. The summed E-state index contributed by atoms with van der Waals surface area (Å²) < 4.78 is 27.0. The molecule has 0 aromatic rings. The van der Waals surface area contributed by atoms with E-state index in [-0.39, 0.29) is 25.9 Å². The van der Waals surface area contributed by atoms with Crippen molar-refractivity contribution in [2.24, 2.45) is 5.73 Å². The van der Waals surface area contributed by atoms with Gasteiger partial charge in [-0.25, -0.2) is 23.0 Å². The Morgan fingerprint density at radius 3 is 2.84 bits per heavy atom. The van der Waals surface area contributed by atoms with E-state index in [1.807, 2.05) is 0 Å². The standard InChI is InChI=1S/C9H17N5O4S/c1-2-12-19(17,18)9(7(10)11)4-3-6-5-13(9)8(15)14(6)16/h6,12,16H,2-5H2,1H3,(H3,10,11). The van der Waals surface area contributed by atoms with Crippen molar-refractivity contribution in [2.75, 3.05) is 13.1 Å². The molecule has 5 N–H and O–H groups in total. The summed E-state index contributed by atoms with van der Waals surface area (Å²) in [6, 6.07) is -1.28. The van der Waals surface area contributed by atoms with Crippen molar-refractivity contribution in [1.29, 1.82) is 5.41 Å². The lowest BCUT2D eigenvalue weighted by molar-refractivity contribution is -0.0583. The number of hydrogen-bond acceptors (Lipinski definition) is 5. The summed E-state index contributed by atoms with van der Waals surface area (Å²) in [5, 5.41) is 17.8. The molecule has 2 unspecified atom stereocenters. The molecule has 2 bridgehead atoms. The number of nitrogens with two attached hydrogens (primary N) is 1. The molecule has 2 fully saturated rings. The van der Waals surface area contributed by atoms with E-state index in [0.29, 0.717) is 5.06 Å². The first-order valence-electron chi connectivity index (χ1n) is 5.91. The minimum absolute atomic E-state index is 0.00880. The second-order valence-electron chi connectivity index (χ2n) is 4.63. The van der Waals surface area contributed by atoms with Gasteiger partial charge < -0.3 is 5.73 Å². The molecule has 2 aliphatic rings. The van der Waals surface area contributed by atoms with Crippen molar-refractivity contribution >= 4 is 21.9 Å². The van der Waals surface area contributed by atoms with Crippen LogP contribution in [0.25, 0.3) is 0 Å². The van der Waals surface area contributed by atoms with E-state index in [1.165, 1.54) is 0 Å². The summed E-state index contributed by atoms with van der Waals surface area (Å²) in [6.07, 6.45) is 0.258. The van der Waals surface area contributed by atoms with Crippen LogP contribution in [0.5, 0.6) is 0 Å². The van der Waals surface area contributed by atoms with Gasteiger partial charge in [0.2, 0.25) is 14.9 Å². The van der Waals surface area contributed by atoms with Gasteiger partial charge in [-0.3, -0.25) is 15.5 Å². The number of amides is 2. The number of carbonyl (C=O) groups is 1. The smallest absolute Gasteiger partial charge is 0.345 e. The van der Waals surface area contributed by atoms with Crippen molar-refractivity contribution < 1.29 is 18.4 Å². The molecule has 9 nitrogen and oxygen atoms in total. The molecule has 0 aromatic heterocycles. The third-order valence-electron chi connectivity index (χ3n) is 3.62. The van der Waals surface area contributed by atoms with Crippen LogP contribution in [-0.4, -0.2) is 59.5 Å². The summed E-state index contributed by atoms with van der Waals surface area (Å²) >= 11 is 0. The summed E-state index contributed by atoms with van der Waals surface area (Å²) in [4.78, 5) is 11.0. The van der Waals surface area contributed by atoms with E-state index in [1.54, 1.807) is 6.92 Å². The van der Waals surface area contributed by atoms with Gasteiger partial charge in [0.1, 0.15) is 5.84 Å². The van der Waals surface area contributed by atoms with Crippen LogP contribution >= 0.6 is 0 Å². The molecule has 0 aromatic carbocycles. The van der Waals surface area contributed by atoms with Crippen LogP contribution in [0.3, 0.4) is 0 Å². The highest BCUT2D eigenvalue weighted by molar-refractivity contribution is 7.91. The third kappa shape index (κ3) is 1.70. The molecule has 2 rings (SSSR count). The summed E-state index contributed by atoms with van der Waals surface area (Å²) in [5.41, 5.74) is 5.48. The lowest BCUT2D eigenvalue weighted by Crippen LogP contribution is -2.66. The van der Waals surface area contributed by atoms with Gasteiger partial charge in [-0.2, -0.15) is 0 Å². The molecule has 0 aliphatic carbocycles. The van der Waals surface area contributed by atoms with E-state index >= 15 is 0 Å². The number of nitrogens with one attached hydrogen (secondary N) is 2. The van der Waals surface area contributed by atoms with Crippen LogP contribution < -0.4 is 10.5 Å². The number of sulfonamides is 1. The fourth-order valence-electron chi connectivity index (χ4n) is 2.67. The summed E-state index contributed by atoms with van der Waals surface area (Å²) in [6.45, 7) is 1.77. The van der Waals surface area contributed by atoms with Gasteiger partial charge in [0.05, 0.1) is 6.04 Å². The number of fused-ring (bicyclic) bond motifs is 2. The second kappa shape index (κ2) is 4.32. The van der Waals surface area contributed by atoms with Gasteiger partial charge in [0.15, 0.2) is 0 Å². The molecule has 2 aliphatic heterocycles. The van der Waals surface area contributed by atoms with Crippen LogP contribution in [0.2, 0.25) is 0 Å². The van der Waals surface area contributed by atoms with E-state index < -0.39 is 32.8 Å². The molecule has 0 radical (unpaired) electrons. The quantitative estimate of drug-likeness (QED) is 0.294. The molecule has 108 valence electrons. The minimum atomic E-state index is -4.02. The maximum Gasteiger partial charge on any atom is 0.345 e. The largest absolute Gasteiger partial charge is 0.385 e. The monoisotopic (exact) mass is 291 g/mol. The average molecular weight is 291 g/mol. The normalized spacial score (nSPS) is 30.8. The van der Waals surface area contributed by atoms with Crippen LogP contribution in [-0.2, 0) is 10.0 Å². The molecule has 10 heteroatoms. The van der Waals surface area contributed by atoms with Gasteiger partial charge in [-0.15, -0.1) is 0 Å². The fraction of sp³-hybridized carbons (Fsp3) is 0.778. The lowest BCUT2D eigenvalue weighted by Gasteiger charge is -2.41. The van der Waals surface area contributed by atoms with E-state index in [2.05, 4.69) is 4.72 Å². The van der Waals surface area contributed by atoms with Crippen LogP contribution in [0.1, 0.15) is 19.8 Å². The molecular weight excluding hydrogens is 274 g/mol. The van der Waals surface area contributed by atoms with Crippen LogP contribution in [0, 0.1) is 5.41 Å². The average Bonchev–Trinajstić information content (AvgIpc) is 2.55. The molecule has 19 heavy (non-hydrogen) atoms. The van der Waals surface area contributed by atoms with E-state index in [0.717, 1.165) is 4.90 Å². The van der Waals surface area contributed by atoms with Gasteiger partial charge in [-0.1, -0.05) is 6.92 Å². The van der Waals surface area contributed by atoms with Crippen LogP contribution in [0.15, 0.2) is 0 Å². The Morgan fingerprint density at radius 2 is 2.32 bits per heavy atom. The first kappa shape index (κ1) is 14.0. The van der Waals surface area contributed by atoms with Gasteiger partial charge in [-0.05, 0) is 12.8 Å². The number of rotatable bonds is 4. The highest BCUT2D eigenvalue weighted by Crippen LogP contribution is 2.39. The molecule has 2 amide bonds. The van der Waals surface area contributed by atoms with Crippen molar-refractivity contribution in [2.45, 2.75) is 30.7 Å². The number of amidine groups is 1. The SMILES string of the molecule is CCNS(=O)(=O)C1(C(=N)N)CCC2CN1C(=O)N2O. The Hall–Kier alpha value is -1.39. The van der Waals surface area contributed by atoms with Crippen LogP contribution in [0.4, 0.5) is 4.79 Å². The number of urea groups is 1. The lowest BCUT2D eigenvalue weighted by atomic mass is 9.99. The maximum absolute atomic E-state index is 12.4. The molecule has 2 atom stereocenters. The third-order valence-corrected chi connectivity index (χ3v) is 5.82. The van der Waals surface area contributed by atoms with E-state index in [4.69, 9.17) is 11.1 Å². The Kier molecular flexibility index (Phi) is 3.19. The number of nitrogens with zero attached hydrogens (tertiary/aromatic N) is 2. The first-order valence-corrected chi connectivity index (χ1v) is 7.39. The Balaban J connectivity index is 2.53. The Bertz CT molecular complexity index is 521. The number of hydrogen-bond donors (Lipinski definition) is 4. The molecule has 2 heterocycles. The number of piperidine rings is 1. The maximum atomic E-state index is 12.4. The molecule has 0 saturated carbocycles. The zero-order valence-electron chi connectivity index (χ0n) is 10.5. The zero-order chi connectivity index (χ0) is 14.4. The second-order valence-corrected chi connectivity index (χ2v) is 6.60. The van der Waals surface area contributed by atoms with Crippen molar-refractivity contribution in [3.8, 4) is 0 Å². The number of carbonyl (C=O) groups excluding carboxylic acids is 1. The summed E-state index contributed by atoms with van der Waals surface area (Å²) in [7, 11) is -4.02. The Morgan fingerprint density at radius 1 is 1.68 bits per heavy atom. The molecule has 2 saturated heterocycles. The Labute approximate surface area is 110 Å². The first-order chi connectivity index (χ1) is 8.78. The minimum Gasteiger partial charge on any atom is -0.385 e. The number of hydroxylamine groups is 2. The highest BCUT2D eigenvalue weighted by atomic mass is 32.2. The molecular formula is C9H17N5O4S. The van der Waals surface area contributed by atoms with Gasteiger partial charge in [0, 0.05) is 13.1 Å². The van der Waals surface area contributed by atoms with Gasteiger partial charge in [0.25, 0.3) is 0 Å². The fourth-order valence-corrected chi connectivity index (χ4v) is 4.41. The van der Waals surface area contributed by atoms with Crippen molar-refractivity contribution in [3.63, 3.8) is 0 Å². The van der Waals surface area contributed by atoms with E-state index in [9.17, 15) is 18.4 Å². The van der Waals surface area contributed by atoms with Crippen molar-refractivity contribution in [1.82, 2.24) is 14.7 Å². The topological polar surface area (TPSA) is 140 Å².